The minimum Gasteiger partial charge on any atom is -0.352 e. The summed E-state index contributed by atoms with van der Waals surface area (Å²) >= 11 is 5.71. The number of hydrogen-bond donors (Lipinski definition) is 1. The number of halogens is 2. The van der Waals surface area contributed by atoms with Crippen LogP contribution in [0.4, 0.5) is 4.39 Å². The fraction of sp³-hybridized carbons (Fsp3) is 0.467. The number of nitrogens with one attached hydrogen (secondary N) is 1. The average molecular weight is 315 g/mol. The van der Waals surface area contributed by atoms with Crippen molar-refractivity contribution in [2.24, 2.45) is 5.92 Å². The standard InChI is InChI=1S/C15H18ClFN2O2/c16-13-7-12(8-14(17)9-13)15(21)18-10-11-1-3-19(4-2-11)5-6-20/h6-9,11H,1-5,10H2,(H,18,21)/i10D2. The number of amides is 1. The van der Waals surface area contributed by atoms with Crippen molar-refractivity contribution in [1.29, 1.82) is 0 Å². The lowest BCUT2D eigenvalue weighted by Gasteiger charge is -2.30. The van der Waals surface area contributed by atoms with Gasteiger partial charge in [-0.1, -0.05) is 11.6 Å². The van der Waals surface area contributed by atoms with E-state index < -0.39 is 18.2 Å². The van der Waals surface area contributed by atoms with Crippen LogP contribution in [0.5, 0.6) is 0 Å². The van der Waals surface area contributed by atoms with E-state index in [1.807, 2.05) is 4.90 Å². The highest BCUT2D eigenvalue weighted by Crippen LogP contribution is 2.17. The Morgan fingerprint density at radius 2 is 2.19 bits per heavy atom. The normalized spacial score (nSPS) is 18.8. The Hall–Kier alpha value is -1.46. The van der Waals surface area contributed by atoms with E-state index in [-0.39, 0.29) is 16.5 Å². The van der Waals surface area contributed by atoms with Gasteiger partial charge in [0.15, 0.2) is 0 Å². The number of rotatable bonds is 5. The van der Waals surface area contributed by atoms with Crippen molar-refractivity contribution in [2.45, 2.75) is 12.8 Å². The first kappa shape index (κ1) is 13.2. The summed E-state index contributed by atoms with van der Waals surface area (Å²) in [6, 6.07) is 3.39. The van der Waals surface area contributed by atoms with Crippen LogP contribution in [0, 0.1) is 11.7 Å². The molecule has 0 spiro atoms. The third kappa shape index (κ3) is 4.79. The van der Waals surface area contributed by atoms with Crippen LogP contribution in [0.2, 0.25) is 5.02 Å². The van der Waals surface area contributed by atoms with Crippen LogP contribution in [0.15, 0.2) is 18.2 Å². The summed E-state index contributed by atoms with van der Waals surface area (Å²) in [7, 11) is 0. The minimum absolute atomic E-state index is 0.0164. The molecular weight excluding hydrogens is 295 g/mol. The summed E-state index contributed by atoms with van der Waals surface area (Å²) in [6.45, 7) is -0.373. The monoisotopic (exact) mass is 314 g/mol. The smallest absolute Gasteiger partial charge is 0.251 e. The van der Waals surface area contributed by atoms with Crippen molar-refractivity contribution in [1.82, 2.24) is 10.2 Å². The van der Waals surface area contributed by atoms with Crippen molar-refractivity contribution >= 4 is 23.8 Å². The Bertz CT molecular complexity index is 573. The molecule has 6 heteroatoms. The fourth-order valence-electron chi connectivity index (χ4n) is 2.29. The maximum Gasteiger partial charge on any atom is 0.251 e. The van der Waals surface area contributed by atoms with Gasteiger partial charge in [0, 0.05) is 19.8 Å². The predicted octanol–water partition coefficient (Wildman–Crippen LogP) is 2.12. The van der Waals surface area contributed by atoms with Gasteiger partial charge >= 0.3 is 0 Å². The Labute approximate surface area is 131 Å². The molecule has 0 aliphatic carbocycles. The van der Waals surface area contributed by atoms with Gasteiger partial charge in [0.25, 0.3) is 5.91 Å². The van der Waals surface area contributed by atoms with Crippen LogP contribution in [-0.4, -0.2) is 43.2 Å². The van der Waals surface area contributed by atoms with Crippen molar-refractivity contribution in [3.8, 4) is 0 Å². The molecule has 1 aromatic rings. The van der Waals surface area contributed by atoms with Gasteiger partial charge in [0.1, 0.15) is 12.1 Å². The molecule has 1 N–H and O–H groups in total. The zero-order chi connectivity index (χ0) is 17.0. The van der Waals surface area contributed by atoms with Gasteiger partial charge in [-0.05, 0) is 50.0 Å². The number of hydrogen-bond acceptors (Lipinski definition) is 3. The molecule has 1 heterocycles. The quantitative estimate of drug-likeness (QED) is 0.847. The van der Waals surface area contributed by atoms with Crippen molar-refractivity contribution in [3.63, 3.8) is 0 Å². The molecule has 0 saturated carbocycles. The second-order valence-corrected chi connectivity index (χ2v) is 5.43. The van der Waals surface area contributed by atoms with E-state index in [1.54, 1.807) is 0 Å². The largest absolute Gasteiger partial charge is 0.352 e. The van der Waals surface area contributed by atoms with Crippen molar-refractivity contribution in [2.75, 3.05) is 26.1 Å². The van der Waals surface area contributed by atoms with Crippen LogP contribution in [0.1, 0.15) is 25.9 Å². The van der Waals surface area contributed by atoms with Gasteiger partial charge in [-0.2, -0.15) is 0 Å². The Morgan fingerprint density at radius 3 is 2.81 bits per heavy atom. The number of carbonyl (C=O) groups excluding carboxylic acids is 2. The Balaban J connectivity index is 2.00. The highest BCUT2D eigenvalue weighted by molar-refractivity contribution is 6.31. The lowest BCUT2D eigenvalue weighted by molar-refractivity contribution is -0.109. The van der Waals surface area contributed by atoms with E-state index >= 15 is 0 Å². The summed E-state index contributed by atoms with van der Waals surface area (Å²) in [5.74, 6) is -1.71. The second-order valence-electron chi connectivity index (χ2n) is 5.00. The molecule has 1 fully saturated rings. The molecule has 1 saturated heterocycles. The second kappa shape index (κ2) is 7.52. The van der Waals surface area contributed by atoms with Crippen molar-refractivity contribution in [3.05, 3.63) is 34.6 Å². The van der Waals surface area contributed by atoms with E-state index in [9.17, 15) is 14.0 Å². The van der Waals surface area contributed by atoms with Gasteiger partial charge in [-0.3, -0.25) is 9.69 Å². The lowest BCUT2D eigenvalue weighted by atomic mass is 9.96. The first-order valence-electron chi connectivity index (χ1n) is 7.76. The average Bonchev–Trinajstić information content (AvgIpc) is 2.46. The molecule has 0 bridgehead atoms. The summed E-state index contributed by atoms with van der Waals surface area (Å²) < 4.78 is 29.5. The molecule has 114 valence electrons. The van der Waals surface area contributed by atoms with E-state index in [2.05, 4.69) is 5.32 Å². The molecule has 4 nitrogen and oxygen atoms in total. The van der Waals surface area contributed by atoms with E-state index in [1.165, 1.54) is 6.07 Å². The third-order valence-electron chi connectivity index (χ3n) is 3.43. The molecule has 0 radical (unpaired) electrons. The number of aldehydes is 1. The van der Waals surface area contributed by atoms with E-state index in [4.69, 9.17) is 14.3 Å². The summed E-state index contributed by atoms with van der Waals surface area (Å²) in [4.78, 5) is 24.6. The molecule has 0 atom stereocenters. The number of carbonyl (C=O) groups is 2. The highest BCUT2D eigenvalue weighted by atomic mass is 35.5. The van der Waals surface area contributed by atoms with Gasteiger partial charge < -0.3 is 10.1 Å². The van der Waals surface area contributed by atoms with Crippen molar-refractivity contribution < 1.29 is 16.7 Å². The maximum absolute atomic E-state index is 13.3. The zero-order valence-corrected chi connectivity index (χ0v) is 12.2. The lowest BCUT2D eigenvalue weighted by Crippen LogP contribution is -2.39. The molecular formula is C15H18ClFN2O2. The number of nitrogens with zero attached hydrogens (tertiary/aromatic N) is 1. The molecule has 2 rings (SSSR count). The topological polar surface area (TPSA) is 49.4 Å². The van der Waals surface area contributed by atoms with E-state index in [0.717, 1.165) is 18.4 Å². The van der Waals surface area contributed by atoms with Crippen LogP contribution >= 0.6 is 11.6 Å². The first-order valence-corrected chi connectivity index (χ1v) is 7.14. The summed E-state index contributed by atoms with van der Waals surface area (Å²) in [5.41, 5.74) is -0.0164. The number of likely N-dealkylation sites (tertiary alicyclic amines) is 1. The number of piperidine rings is 1. The predicted molar refractivity (Wildman–Crippen MR) is 79.0 cm³/mol. The SMILES string of the molecule is [2H]C([2H])(NC(=O)c1cc(F)cc(Cl)c1)C1CCN(CC=O)CC1. The minimum atomic E-state index is -1.91. The Morgan fingerprint density at radius 1 is 1.48 bits per heavy atom. The van der Waals surface area contributed by atoms with E-state index in [0.29, 0.717) is 32.5 Å². The van der Waals surface area contributed by atoms with Gasteiger partial charge in [-0.25, -0.2) is 4.39 Å². The fourth-order valence-corrected chi connectivity index (χ4v) is 2.51. The van der Waals surface area contributed by atoms with Gasteiger partial charge in [-0.15, -0.1) is 0 Å². The maximum atomic E-state index is 13.3. The summed E-state index contributed by atoms with van der Waals surface area (Å²) in [5, 5.41) is 2.41. The van der Waals surface area contributed by atoms with Crippen LogP contribution in [0.3, 0.4) is 0 Å². The third-order valence-corrected chi connectivity index (χ3v) is 3.65. The number of benzene rings is 1. The Kier molecular flexibility index (Phi) is 4.73. The molecule has 1 aliphatic rings. The van der Waals surface area contributed by atoms with Crippen LogP contribution in [-0.2, 0) is 4.79 Å². The van der Waals surface area contributed by atoms with Crippen LogP contribution < -0.4 is 5.32 Å². The van der Waals surface area contributed by atoms with Crippen LogP contribution in [0.25, 0.3) is 0 Å². The highest BCUT2D eigenvalue weighted by Gasteiger charge is 2.19. The summed E-state index contributed by atoms with van der Waals surface area (Å²) in [6.07, 6.45) is 1.89. The molecule has 1 amide bonds. The van der Waals surface area contributed by atoms with Gasteiger partial charge in [0.2, 0.25) is 0 Å². The zero-order valence-electron chi connectivity index (χ0n) is 13.4. The molecule has 0 aromatic heterocycles. The first-order chi connectivity index (χ1) is 10.8. The molecule has 21 heavy (non-hydrogen) atoms. The van der Waals surface area contributed by atoms with Gasteiger partial charge in [0.05, 0.1) is 6.54 Å². The molecule has 1 aromatic carbocycles. The molecule has 1 aliphatic heterocycles. The molecule has 0 unspecified atom stereocenters.